The zero-order valence-corrected chi connectivity index (χ0v) is 13.3. The van der Waals surface area contributed by atoms with Crippen molar-refractivity contribution in [2.24, 2.45) is 0 Å². The Morgan fingerprint density at radius 3 is 2.81 bits per heavy atom. The number of methoxy groups -OCH3 is 1. The highest BCUT2D eigenvalue weighted by Gasteiger charge is 2.21. The van der Waals surface area contributed by atoms with Crippen molar-refractivity contribution < 1.29 is 4.74 Å². The highest BCUT2D eigenvalue weighted by molar-refractivity contribution is 5.42. The summed E-state index contributed by atoms with van der Waals surface area (Å²) in [5.41, 5.74) is 3.37. The van der Waals surface area contributed by atoms with E-state index in [-0.39, 0.29) is 6.04 Å². The minimum absolute atomic E-state index is 0.0344. The molecular formula is C16H24N4O. The molecule has 5 nitrogen and oxygen atoms in total. The summed E-state index contributed by atoms with van der Waals surface area (Å²) in [6, 6.07) is 6.32. The molecule has 0 bridgehead atoms. The van der Waals surface area contributed by atoms with Gasteiger partial charge in [-0.25, -0.2) is 4.68 Å². The monoisotopic (exact) mass is 288 g/mol. The van der Waals surface area contributed by atoms with Crippen LogP contribution in [-0.2, 0) is 6.54 Å². The van der Waals surface area contributed by atoms with E-state index in [4.69, 9.17) is 4.74 Å². The molecule has 0 aliphatic rings. The number of rotatable bonds is 7. The van der Waals surface area contributed by atoms with Gasteiger partial charge in [0, 0.05) is 12.1 Å². The fraction of sp³-hybridized carbons (Fsp3) is 0.500. The molecule has 0 radical (unpaired) electrons. The van der Waals surface area contributed by atoms with Crippen LogP contribution in [0.15, 0.2) is 24.4 Å². The number of hydrogen-bond acceptors (Lipinski definition) is 4. The fourth-order valence-corrected chi connectivity index (χ4v) is 2.51. The van der Waals surface area contributed by atoms with Crippen LogP contribution in [0.25, 0.3) is 0 Å². The number of nitrogens with zero attached hydrogens (tertiary/aromatic N) is 3. The summed E-state index contributed by atoms with van der Waals surface area (Å²) in [5, 5.41) is 11.8. The van der Waals surface area contributed by atoms with Crippen LogP contribution in [0.1, 0.15) is 43.1 Å². The molecule has 1 unspecified atom stereocenters. The predicted octanol–water partition coefficient (Wildman–Crippen LogP) is 2.70. The highest BCUT2D eigenvalue weighted by Crippen LogP contribution is 2.30. The van der Waals surface area contributed by atoms with Gasteiger partial charge in [-0.3, -0.25) is 0 Å². The van der Waals surface area contributed by atoms with Crippen LogP contribution in [0.4, 0.5) is 0 Å². The summed E-state index contributed by atoms with van der Waals surface area (Å²) in [6.45, 7) is 8.03. The van der Waals surface area contributed by atoms with E-state index < -0.39 is 0 Å². The van der Waals surface area contributed by atoms with E-state index in [1.54, 1.807) is 7.11 Å². The van der Waals surface area contributed by atoms with E-state index in [9.17, 15) is 0 Å². The number of ether oxygens (including phenoxy) is 1. The van der Waals surface area contributed by atoms with Crippen molar-refractivity contribution in [3.05, 3.63) is 41.2 Å². The van der Waals surface area contributed by atoms with Gasteiger partial charge in [-0.1, -0.05) is 31.2 Å². The molecule has 1 N–H and O–H groups in total. The SMILES string of the molecule is CCCn1nncc1C(NCC)c1ccc(C)cc1OC. The minimum Gasteiger partial charge on any atom is -0.496 e. The van der Waals surface area contributed by atoms with Gasteiger partial charge in [-0.2, -0.15) is 0 Å². The van der Waals surface area contributed by atoms with Gasteiger partial charge in [0.1, 0.15) is 5.75 Å². The minimum atomic E-state index is 0.0344. The lowest BCUT2D eigenvalue weighted by molar-refractivity contribution is 0.401. The molecule has 0 saturated carbocycles. The first kappa shape index (κ1) is 15.5. The van der Waals surface area contributed by atoms with Gasteiger partial charge in [-0.05, 0) is 31.5 Å². The number of benzene rings is 1. The molecule has 1 heterocycles. The maximum absolute atomic E-state index is 5.56. The topological polar surface area (TPSA) is 52.0 Å². The summed E-state index contributed by atoms with van der Waals surface area (Å²) in [5.74, 6) is 0.894. The Hall–Kier alpha value is -1.88. The van der Waals surface area contributed by atoms with Crippen LogP contribution >= 0.6 is 0 Å². The van der Waals surface area contributed by atoms with Gasteiger partial charge in [0.2, 0.25) is 0 Å². The second kappa shape index (κ2) is 7.22. The van der Waals surface area contributed by atoms with Crippen LogP contribution in [0.5, 0.6) is 5.75 Å². The Morgan fingerprint density at radius 2 is 2.14 bits per heavy atom. The normalized spacial score (nSPS) is 12.4. The smallest absolute Gasteiger partial charge is 0.124 e. The average molecular weight is 288 g/mol. The largest absolute Gasteiger partial charge is 0.496 e. The molecule has 21 heavy (non-hydrogen) atoms. The van der Waals surface area contributed by atoms with E-state index in [0.717, 1.165) is 36.5 Å². The molecule has 0 aliphatic carbocycles. The third-order valence-electron chi connectivity index (χ3n) is 3.49. The van der Waals surface area contributed by atoms with Crippen molar-refractivity contribution >= 4 is 0 Å². The molecule has 1 aromatic carbocycles. The molecule has 0 amide bonds. The maximum atomic E-state index is 5.56. The molecule has 0 spiro atoms. The quantitative estimate of drug-likeness (QED) is 0.851. The van der Waals surface area contributed by atoms with Crippen molar-refractivity contribution in [1.82, 2.24) is 20.3 Å². The molecule has 1 aromatic heterocycles. The molecule has 0 aliphatic heterocycles. The molecule has 2 rings (SSSR count). The van der Waals surface area contributed by atoms with Crippen LogP contribution in [0.3, 0.4) is 0 Å². The van der Waals surface area contributed by atoms with Crippen molar-refractivity contribution in [3.63, 3.8) is 0 Å². The van der Waals surface area contributed by atoms with Gasteiger partial charge in [0.25, 0.3) is 0 Å². The number of aryl methyl sites for hydroxylation is 2. The fourth-order valence-electron chi connectivity index (χ4n) is 2.51. The van der Waals surface area contributed by atoms with E-state index in [1.165, 1.54) is 5.56 Å². The summed E-state index contributed by atoms with van der Waals surface area (Å²) in [4.78, 5) is 0. The van der Waals surface area contributed by atoms with Crippen LogP contribution in [0.2, 0.25) is 0 Å². The van der Waals surface area contributed by atoms with Crippen LogP contribution in [-0.4, -0.2) is 28.6 Å². The Morgan fingerprint density at radius 1 is 1.33 bits per heavy atom. The molecule has 2 aromatic rings. The number of hydrogen-bond donors (Lipinski definition) is 1. The van der Waals surface area contributed by atoms with Gasteiger partial charge in [-0.15, -0.1) is 5.10 Å². The summed E-state index contributed by atoms with van der Waals surface area (Å²) in [7, 11) is 1.71. The molecule has 0 fully saturated rings. The van der Waals surface area contributed by atoms with Gasteiger partial charge < -0.3 is 10.1 Å². The zero-order valence-electron chi connectivity index (χ0n) is 13.3. The molecule has 5 heteroatoms. The third-order valence-corrected chi connectivity index (χ3v) is 3.49. The maximum Gasteiger partial charge on any atom is 0.124 e. The summed E-state index contributed by atoms with van der Waals surface area (Å²) >= 11 is 0. The lowest BCUT2D eigenvalue weighted by Gasteiger charge is -2.21. The van der Waals surface area contributed by atoms with Crippen LogP contribution < -0.4 is 10.1 Å². The third kappa shape index (κ3) is 3.42. The van der Waals surface area contributed by atoms with Gasteiger partial charge in [0.15, 0.2) is 0 Å². The predicted molar refractivity (Wildman–Crippen MR) is 83.6 cm³/mol. The van der Waals surface area contributed by atoms with E-state index in [2.05, 4.69) is 54.6 Å². The second-order valence-electron chi connectivity index (χ2n) is 5.12. The van der Waals surface area contributed by atoms with Crippen molar-refractivity contribution in [3.8, 4) is 5.75 Å². The van der Waals surface area contributed by atoms with Crippen molar-refractivity contribution in [1.29, 1.82) is 0 Å². The molecule has 0 saturated heterocycles. The number of aromatic nitrogens is 3. The van der Waals surface area contributed by atoms with Crippen LogP contribution in [0, 0.1) is 6.92 Å². The highest BCUT2D eigenvalue weighted by atomic mass is 16.5. The first-order valence-corrected chi connectivity index (χ1v) is 7.47. The molecule has 114 valence electrons. The standard InChI is InChI=1S/C16H24N4O/c1-5-9-20-14(11-18-19-20)16(17-6-2)13-8-7-12(3)10-15(13)21-4/h7-8,10-11,16-17H,5-6,9H2,1-4H3. The van der Waals surface area contributed by atoms with Gasteiger partial charge in [0.05, 0.1) is 25.0 Å². The molecule has 1 atom stereocenters. The lowest BCUT2D eigenvalue weighted by Crippen LogP contribution is -2.25. The van der Waals surface area contributed by atoms with Crippen molar-refractivity contribution in [2.45, 2.75) is 39.8 Å². The van der Waals surface area contributed by atoms with E-state index in [1.807, 2.05) is 10.9 Å². The first-order chi connectivity index (χ1) is 10.2. The van der Waals surface area contributed by atoms with E-state index in [0.29, 0.717) is 0 Å². The summed E-state index contributed by atoms with van der Waals surface area (Å²) in [6.07, 6.45) is 2.86. The zero-order chi connectivity index (χ0) is 15.2. The van der Waals surface area contributed by atoms with Gasteiger partial charge >= 0.3 is 0 Å². The average Bonchev–Trinajstić information content (AvgIpc) is 2.93. The van der Waals surface area contributed by atoms with E-state index >= 15 is 0 Å². The second-order valence-corrected chi connectivity index (χ2v) is 5.12. The lowest BCUT2D eigenvalue weighted by atomic mass is 10.0. The Balaban J connectivity index is 2.45. The Labute approximate surface area is 126 Å². The first-order valence-electron chi connectivity index (χ1n) is 7.47. The Bertz CT molecular complexity index is 579. The molecular weight excluding hydrogens is 264 g/mol. The number of nitrogens with one attached hydrogen (secondary N) is 1. The summed E-state index contributed by atoms with van der Waals surface area (Å²) < 4.78 is 7.53. The van der Waals surface area contributed by atoms with Crippen molar-refractivity contribution in [2.75, 3.05) is 13.7 Å². The Kier molecular flexibility index (Phi) is 5.33.